The molecule has 0 fully saturated rings. The lowest BCUT2D eigenvalue weighted by Gasteiger charge is -2.07. The van der Waals surface area contributed by atoms with Crippen LogP contribution in [0.15, 0.2) is 54.6 Å². The van der Waals surface area contributed by atoms with Crippen molar-refractivity contribution in [2.45, 2.75) is 0 Å². The van der Waals surface area contributed by atoms with Gasteiger partial charge in [0.05, 0.1) is 11.8 Å². The van der Waals surface area contributed by atoms with E-state index in [1.807, 2.05) is 12.1 Å². The number of fused-ring (bicyclic) bond motifs is 7. The number of nitrogens with zero attached hydrogens (tertiary/aromatic N) is 1. The highest BCUT2D eigenvalue weighted by Gasteiger charge is 2.17. The maximum atomic E-state index is 6.53. The Labute approximate surface area is 147 Å². The quantitative estimate of drug-likeness (QED) is 0.326. The Morgan fingerprint density at radius 1 is 0.917 bits per heavy atom. The number of hydrogen-bond donors (Lipinski definition) is 0. The Kier molecular flexibility index (Phi) is 2.96. The molecular weight excluding hydrogens is 338 g/mol. The number of thiophene rings is 1. The van der Waals surface area contributed by atoms with Crippen LogP contribution in [0.2, 0.25) is 5.15 Å². The fourth-order valence-electron chi connectivity index (χ4n) is 3.42. The molecule has 2 heterocycles. The molecule has 0 N–H and O–H groups in total. The van der Waals surface area contributed by atoms with Gasteiger partial charge in [0.25, 0.3) is 0 Å². The summed E-state index contributed by atoms with van der Waals surface area (Å²) in [6.45, 7) is 0. The third kappa shape index (κ3) is 1.80. The van der Waals surface area contributed by atoms with E-state index in [0.29, 0.717) is 5.15 Å². The Hall–Kier alpha value is -2.36. The van der Waals surface area contributed by atoms with Crippen LogP contribution in [-0.4, -0.2) is 12.1 Å². The third-order valence-electron chi connectivity index (χ3n) is 4.47. The molecule has 0 aliphatic heterocycles. The van der Waals surface area contributed by atoms with Gasteiger partial charge in [-0.15, -0.1) is 11.3 Å². The smallest absolute Gasteiger partial charge is 0.147 e. The Balaban J connectivity index is 2.14. The minimum absolute atomic E-state index is 0.535. The van der Waals surface area contributed by atoms with Crippen LogP contribution in [0.4, 0.5) is 0 Å². The molecule has 0 aliphatic rings. The van der Waals surface area contributed by atoms with Crippen molar-refractivity contribution in [1.82, 2.24) is 4.98 Å². The highest BCUT2D eigenvalue weighted by Crippen LogP contribution is 2.45. The molecule has 0 aliphatic carbocycles. The lowest BCUT2D eigenvalue weighted by molar-refractivity contribution is 0.419. The van der Waals surface area contributed by atoms with Crippen LogP contribution in [0.3, 0.4) is 0 Å². The van der Waals surface area contributed by atoms with Gasteiger partial charge in [0.15, 0.2) is 0 Å². The van der Waals surface area contributed by atoms with Gasteiger partial charge in [0.2, 0.25) is 0 Å². The number of halogens is 1. The van der Waals surface area contributed by atoms with Crippen LogP contribution in [0.25, 0.3) is 41.8 Å². The Bertz CT molecular complexity index is 1260. The predicted octanol–water partition coefficient (Wildman–Crippen LogP) is 6.42. The zero-order chi connectivity index (χ0) is 16.3. The van der Waals surface area contributed by atoms with Gasteiger partial charge in [-0.3, -0.25) is 0 Å². The zero-order valence-electron chi connectivity index (χ0n) is 12.8. The van der Waals surface area contributed by atoms with E-state index in [0.717, 1.165) is 21.4 Å². The Morgan fingerprint density at radius 2 is 1.75 bits per heavy atom. The van der Waals surface area contributed by atoms with Gasteiger partial charge in [-0.1, -0.05) is 54.1 Å². The van der Waals surface area contributed by atoms with E-state index in [9.17, 15) is 0 Å². The standard InChI is InChI=1S/C20H12ClNOS/c1-23-14-8-4-7-13-17-16-12-6-3-2-5-11(12)9-10-15(16)24-19(17)20(21)22-18(13)14/h2-10H,1H3. The number of pyridine rings is 1. The van der Waals surface area contributed by atoms with Crippen molar-refractivity contribution < 1.29 is 4.74 Å². The molecule has 0 radical (unpaired) electrons. The summed E-state index contributed by atoms with van der Waals surface area (Å²) >= 11 is 8.23. The van der Waals surface area contributed by atoms with Gasteiger partial charge < -0.3 is 4.74 Å². The molecule has 0 unspecified atom stereocenters. The maximum Gasteiger partial charge on any atom is 0.147 e. The van der Waals surface area contributed by atoms with Crippen LogP contribution >= 0.6 is 22.9 Å². The fraction of sp³-hybridized carbons (Fsp3) is 0.0500. The van der Waals surface area contributed by atoms with Crippen LogP contribution in [0, 0.1) is 0 Å². The lowest BCUT2D eigenvalue weighted by Crippen LogP contribution is -1.88. The van der Waals surface area contributed by atoms with Crippen LogP contribution in [-0.2, 0) is 0 Å². The van der Waals surface area contributed by atoms with Gasteiger partial charge >= 0.3 is 0 Å². The second-order valence-corrected chi connectivity index (χ2v) is 7.14. The van der Waals surface area contributed by atoms with Gasteiger partial charge in [-0.05, 0) is 22.9 Å². The van der Waals surface area contributed by atoms with E-state index < -0.39 is 0 Å². The topological polar surface area (TPSA) is 22.1 Å². The SMILES string of the molecule is COc1cccc2c1nc(Cl)c1sc3ccc4ccccc4c3c12. The molecule has 5 aromatic rings. The van der Waals surface area contributed by atoms with Crippen LogP contribution in [0.5, 0.6) is 5.75 Å². The minimum atomic E-state index is 0.535. The van der Waals surface area contributed by atoms with E-state index in [2.05, 4.69) is 47.4 Å². The average molecular weight is 350 g/mol. The van der Waals surface area contributed by atoms with Gasteiger partial charge in [0.1, 0.15) is 16.4 Å². The van der Waals surface area contributed by atoms with Crippen LogP contribution in [0.1, 0.15) is 0 Å². The first kappa shape index (κ1) is 14.0. The molecule has 116 valence electrons. The third-order valence-corrected chi connectivity index (χ3v) is 6.01. The van der Waals surface area contributed by atoms with Crippen molar-refractivity contribution in [1.29, 1.82) is 0 Å². The second kappa shape index (κ2) is 5.07. The van der Waals surface area contributed by atoms with E-state index in [1.54, 1.807) is 18.4 Å². The highest BCUT2D eigenvalue weighted by molar-refractivity contribution is 7.26. The van der Waals surface area contributed by atoms with Crippen molar-refractivity contribution in [3.63, 3.8) is 0 Å². The van der Waals surface area contributed by atoms with Crippen molar-refractivity contribution in [2.75, 3.05) is 7.11 Å². The molecule has 3 aromatic carbocycles. The molecule has 0 saturated carbocycles. The molecule has 0 atom stereocenters. The highest BCUT2D eigenvalue weighted by atomic mass is 35.5. The number of benzene rings is 3. The van der Waals surface area contributed by atoms with Crippen molar-refractivity contribution >= 4 is 64.8 Å². The summed E-state index contributed by atoms with van der Waals surface area (Å²) in [5.41, 5.74) is 0.810. The minimum Gasteiger partial charge on any atom is -0.494 e. The molecule has 0 bridgehead atoms. The average Bonchev–Trinajstić information content (AvgIpc) is 3.02. The monoisotopic (exact) mass is 349 g/mol. The molecule has 0 amide bonds. The molecule has 2 aromatic heterocycles. The summed E-state index contributed by atoms with van der Waals surface area (Å²) in [5, 5.41) is 6.50. The zero-order valence-corrected chi connectivity index (χ0v) is 14.4. The van der Waals surface area contributed by atoms with Gasteiger partial charge in [-0.25, -0.2) is 4.98 Å². The largest absolute Gasteiger partial charge is 0.494 e. The number of ether oxygens (including phenoxy) is 1. The van der Waals surface area contributed by atoms with Gasteiger partial charge in [0, 0.05) is 20.9 Å². The summed E-state index contributed by atoms with van der Waals surface area (Å²) in [5.74, 6) is 0.746. The number of aromatic nitrogens is 1. The van der Waals surface area contributed by atoms with Crippen molar-refractivity contribution in [3.05, 3.63) is 59.8 Å². The van der Waals surface area contributed by atoms with Gasteiger partial charge in [-0.2, -0.15) is 0 Å². The first-order valence-corrected chi connectivity index (χ1v) is 8.83. The van der Waals surface area contributed by atoms with Crippen molar-refractivity contribution in [3.8, 4) is 5.75 Å². The maximum absolute atomic E-state index is 6.53. The van der Waals surface area contributed by atoms with E-state index >= 15 is 0 Å². The molecule has 0 spiro atoms. The van der Waals surface area contributed by atoms with Crippen LogP contribution < -0.4 is 4.74 Å². The molecule has 5 rings (SSSR count). The molecule has 0 saturated heterocycles. The first-order valence-electron chi connectivity index (χ1n) is 7.64. The number of methoxy groups -OCH3 is 1. The molecular formula is C20H12ClNOS. The van der Waals surface area contributed by atoms with E-state index in [4.69, 9.17) is 16.3 Å². The lowest BCUT2D eigenvalue weighted by atomic mass is 10.0. The molecule has 4 heteroatoms. The second-order valence-electron chi connectivity index (χ2n) is 5.73. The number of para-hydroxylation sites is 1. The first-order chi connectivity index (χ1) is 11.8. The van der Waals surface area contributed by atoms with Crippen molar-refractivity contribution in [2.24, 2.45) is 0 Å². The number of rotatable bonds is 1. The molecule has 2 nitrogen and oxygen atoms in total. The summed E-state index contributed by atoms with van der Waals surface area (Å²) in [6, 6.07) is 18.8. The summed E-state index contributed by atoms with van der Waals surface area (Å²) in [6.07, 6.45) is 0. The summed E-state index contributed by atoms with van der Waals surface area (Å²) in [4.78, 5) is 4.60. The normalized spacial score (nSPS) is 11.8. The predicted molar refractivity (Wildman–Crippen MR) is 104 cm³/mol. The fourth-order valence-corrected chi connectivity index (χ4v) is 4.83. The van der Waals surface area contributed by atoms with E-state index in [-0.39, 0.29) is 0 Å². The summed E-state index contributed by atoms with van der Waals surface area (Å²) < 4.78 is 7.75. The van der Waals surface area contributed by atoms with E-state index in [1.165, 1.54) is 26.2 Å². The summed E-state index contributed by atoms with van der Waals surface area (Å²) in [7, 11) is 1.66. The number of hydrogen-bond acceptors (Lipinski definition) is 3. The Morgan fingerprint density at radius 3 is 2.62 bits per heavy atom. The molecule has 24 heavy (non-hydrogen) atoms.